The monoisotopic (exact) mass is 352 g/mol. The molecule has 1 aromatic rings. The van der Waals surface area contributed by atoms with E-state index >= 15 is 0 Å². The lowest BCUT2D eigenvalue weighted by Crippen LogP contribution is -2.24. The Hall–Kier alpha value is -1.25. The average Bonchev–Trinajstić information content (AvgIpc) is 2.28. The lowest BCUT2D eigenvalue weighted by molar-refractivity contribution is -0.385. The lowest BCUT2D eigenvalue weighted by Gasteiger charge is -2.04. The predicted octanol–water partition coefficient (Wildman–Crippen LogP) is 2.29. The van der Waals surface area contributed by atoms with E-state index in [4.69, 9.17) is 0 Å². The first-order chi connectivity index (χ1) is 8.04. The number of nitrogens with zero attached hydrogens (tertiary/aromatic N) is 1. The number of carbonyl (C=O) groups excluding carboxylic acids is 1. The summed E-state index contributed by atoms with van der Waals surface area (Å²) in [5, 5.41) is 13.1. The molecular weight excluding hydrogens is 342 g/mol. The number of non-ortho nitro benzene ring substituents is 1. The second-order valence-corrected chi connectivity index (χ2v) is 4.33. The van der Waals surface area contributed by atoms with Crippen LogP contribution in [-0.2, 0) is 0 Å². The summed E-state index contributed by atoms with van der Waals surface area (Å²) < 4.78 is 13.9. The van der Waals surface area contributed by atoms with Gasteiger partial charge in [0.05, 0.1) is 11.0 Å². The number of alkyl halides is 1. The molecule has 0 spiro atoms. The van der Waals surface area contributed by atoms with E-state index in [-0.39, 0.29) is 5.56 Å². The first-order valence-corrected chi connectivity index (χ1v) is 6.36. The summed E-state index contributed by atoms with van der Waals surface area (Å²) in [6.45, 7) is 0.464. The average molecular weight is 352 g/mol. The van der Waals surface area contributed by atoms with E-state index in [1.807, 2.05) is 0 Å². The van der Waals surface area contributed by atoms with Crippen molar-refractivity contribution in [3.8, 4) is 0 Å². The van der Waals surface area contributed by atoms with Crippen molar-refractivity contribution in [1.29, 1.82) is 0 Å². The van der Waals surface area contributed by atoms with Gasteiger partial charge < -0.3 is 5.32 Å². The maximum Gasteiger partial charge on any atom is 0.273 e. The highest BCUT2D eigenvalue weighted by atomic mass is 127. The zero-order valence-electron chi connectivity index (χ0n) is 8.78. The summed E-state index contributed by atoms with van der Waals surface area (Å²) in [6, 6.07) is 2.82. The first-order valence-electron chi connectivity index (χ1n) is 4.83. The molecule has 0 aliphatic heterocycles. The quantitative estimate of drug-likeness (QED) is 0.291. The van der Waals surface area contributed by atoms with Crippen LogP contribution in [0.25, 0.3) is 0 Å². The molecule has 92 valence electrons. The Balaban J connectivity index is 2.82. The Kier molecular flexibility index (Phi) is 5.26. The highest BCUT2D eigenvalue weighted by Crippen LogP contribution is 2.16. The summed E-state index contributed by atoms with van der Waals surface area (Å²) in [6.07, 6.45) is 0.795. The summed E-state index contributed by atoms with van der Waals surface area (Å²) >= 11 is 2.17. The molecule has 0 radical (unpaired) electrons. The molecule has 7 heteroatoms. The van der Waals surface area contributed by atoms with Gasteiger partial charge in [0.25, 0.3) is 11.6 Å². The number of rotatable bonds is 5. The standard InChI is InChI=1S/C10H10FIN2O3/c11-8-4-7(5-9(6-8)14(16)17)10(15)13-3-1-2-12/h4-6H,1-3H2,(H,13,15). The minimum atomic E-state index is -0.793. The number of amides is 1. The molecular formula is C10H10FIN2O3. The highest BCUT2D eigenvalue weighted by Gasteiger charge is 2.14. The Morgan fingerprint density at radius 2 is 2.18 bits per heavy atom. The molecule has 0 atom stereocenters. The Labute approximate surface area is 111 Å². The van der Waals surface area contributed by atoms with E-state index in [0.29, 0.717) is 6.54 Å². The second kappa shape index (κ2) is 6.48. The number of halogens is 2. The van der Waals surface area contributed by atoms with Gasteiger partial charge in [0.2, 0.25) is 0 Å². The molecule has 17 heavy (non-hydrogen) atoms. The molecule has 0 aromatic heterocycles. The smallest absolute Gasteiger partial charge is 0.273 e. The van der Waals surface area contributed by atoms with E-state index in [9.17, 15) is 19.3 Å². The Morgan fingerprint density at radius 3 is 2.76 bits per heavy atom. The number of hydrogen-bond donors (Lipinski definition) is 1. The van der Waals surface area contributed by atoms with Crippen LogP contribution in [0.1, 0.15) is 16.8 Å². The minimum Gasteiger partial charge on any atom is -0.352 e. The van der Waals surface area contributed by atoms with E-state index in [0.717, 1.165) is 29.0 Å². The molecule has 0 unspecified atom stereocenters. The van der Waals surface area contributed by atoms with Crippen molar-refractivity contribution in [1.82, 2.24) is 5.32 Å². The summed E-state index contributed by atoms with van der Waals surface area (Å²) in [5.41, 5.74) is -0.464. The maximum atomic E-state index is 13.1. The number of hydrogen-bond acceptors (Lipinski definition) is 3. The van der Waals surface area contributed by atoms with E-state index in [1.54, 1.807) is 0 Å². The van der Waals surface area contributed by atoms with Crippen molar-refractivity contribution in [3.63, 3.8) is 0 Å². The normalized spacial score (nSPS) is 10.0. The number of carbonyl (C=O) groups is 1. The molecule has 0 aliphatic carbocycles. The van der Waals surface area contributed by atoms with Crippen LogP contribution >= 0.6 is 22.6 Å². The fraction of sp³-hybridized carbons (Fsp3) is 0.300. The van der Waals surface area contributed by atoms with Gasteiger partial charge in [-0.15, -0.1) is 0 Å². The third-order valence-electron chi connectivity index (χ3n) is 1.95. The third kappa shape index (κ3) is 4.25. The van der Waals surface area contributed by atoms with Crippen LogP contribution in [0.3, 0.4) is 0 Å². The van der Waals surface area contributed by atoms with Crippen molar-refractivity contribution in [2.45, 2.75) is 6.42 Å². The molecule has 5 nitrogen and oxygen atoms in total. The lowest BCUT2D eigenvalue weighted by atomic mass is 10.2. The van der Waals surface area contributed by atoms with Crippen LogP contribution in [0, 0.1) is 15.9 Å². The molecule has 0 fully saturated rings. The number of nitrogens with one attached hydrogen (secondary N) is 1. The molecule has 1 aromatic carbocycles. The zero-order chi connectivity index (χ0) is 12.8. The molecule has 1 N–H and O–H groups in total. The summed E-state index contributed by atoms with van der Waals surface area (Å²) in [4.78, 5) is 21.3. The van der Waals surface area contributed by atoms with Gasteiger partial charge in [-0.25, -0.2) is 4.39 Å². The van der Waals surface area contributed by atoms with Crippen LogP contribution < -0.4 is 5.32 Å². The van der Waals surface area contributed by atoms with Gasteiger partial charge in [-0.1, -0.05) is 22.6 Å². The molecule has 0 saturated carbocycles. The van der Waals surface area contributed by atoms with Gasteiger partial charge in [-0.2, -0.15) is 0 Å². The van der Waals surface area contributed by atoms with Crippen molar-refractivity contribution in [3.05, 3.63) is 39.7 Å². The van der Waals surface area contributed by atoms with Crippen molar-refractivity contribution < 1.29 is 14.1 Å². The molecule has 1 amide bonds. The number of benzene rings is 1. The zero-order valence-corrected chi connectivity index (χ0v) is 10.9. The fourth-order valence-corrected chi connectivity index (χ4v) is 1.56. The van der Waals surface area contributed by atoms with Gasteiger partial charge in [0.15, 0.2) is 0 Å². The van der Waals surface area contributed by atoms with Crippen LogP contribution in [0.4, 0.5) is 10.1 Å². The fourth-order valence-electron chi connectivity index (χ4n) is 1.18. The second-order valence-electron chi connectivity index (χ2n) is 3.25. The van der Waals surface area contributed by atoms with E-state index in [2.05, 4.69) is 27.9 Å². The highest BCUT2D eigenvalue weighted by molar-refractivity contribution is 14.1. The van der Waals surface area contributed by atoms with E-state index in [1.165, 1.54) is 0 Å². The molecule has 0 aliphatic rings. The largest absolute Gasteiger partial charge is 0.352 e. The minimum absolute atomic E-state index is 0.0369. The van der Waals surface area contributed by atoms with E-state index < -0.39 is 22.3 Å². The molecule has 0 bridgehead atoms. The van der Waals surface area contributed by atoms with Crippen LogP contribution in [0.2, 0.25) is 0 Å². The van der Waals surface area contributed by atoms with Crippen molar-refractivity contribution in [2.24, 2.45) is 0 Å². The van der Waals surface area contributed by atoms with Gasteiger partial charge in [-0.05, 0) is 12.5 Å². The van der Waals surface area contributed by atoms with Gasteiger partial charge in [0.1, 0.15) is 5.82 Å². The third-order valence-corrected chi connectivity index (χ3v) is 2.71. The van der Waals surface area contributed by atoms with Gasteiger partial charge in [0, 0.05) is 22.6 Å². The summed E-state index contributed by atoms with van der Waals surface area (Å²) in [5.74, 6) is -1.30. The molecule has 0 heterocycles. The topological polar surface area (TPSA) is 72.2 Å². The number of nitro groups is 1. The van der Waals surface area contributed by atoms with Gasteiger partial charge in [-0.3, -0.25) is 14.9 Å². The van der Waals surface area contributed by atoms with Crippen molar-refractivity contribution >= 4 is 34.2 Å². The Morgan fingerprint density at radius 1 is 1.47 bits per heavy atom. The Bertz CT molecular complexity index is 440. The molecule has 1 rings (SSSR count). The predicted molar refractivity (Wildman–Crippen MR) is 68.9 cm³/mol. The maximum absolute atomic E-state index is 13.1. The van der Waals surface area contributed by atoms with Crippen LogP contribution in [0.15, 0.2) is 18.2 Å². The first kappa shape index (κ1) is 13.8. The van der Waals surface area contributed by atoms with Crippen molar-refractivity contribution in [2.75, 3.05) is 11.0 Å². The molecule has 0 saturated heterocycles. The summed E-state index contributed by atoms with van der Waals surface area (Å²) in [7, 11) is 0. The number of nitro benzene ring substituents is 1. The van der Waals surface area contributed by atoms with Crippen LogP contribution in [0.5, 0.6) is 0 Å². The SMILES string of the molecule is O=C(NCCCI)c1cc(F)cc([N+](=O)[O-])c1. The van der Waals surface area contributed by atoms with Crippen LogP contribution in [-0.4, -0.2) is 21.8 Å². The van der Waals surface area contributed by atoms with Gasteiger partial charge >= 0.3 is 0 Å².